The fraction of sp³-hybridized carbons (Fsp3) is 0.593. The van der Waals surface area contributed by atoms with Crippen LogP contribution in [-0.2, 0) is 30.5 Å². The van der Waals surface area contributed by atoms with Crippen molar-refractivity contribution in [3.05, 3.63) is 35.4 Å². The van der Waals surface area contributed by atoms with Crippen LogP contribution in [0.5, 0.6) is 0 Å². The van der Waals surface area contributed by atoms with Crippen molar-refractivity contribution in [2.45, 2.75) is 76.2 Å². The number of hydrogen-bond donors (Lipinski definition) is 3. The Bertz CT molecular complexity index is 1080. The molecule has 3 saturated heterocycles. The van der Waals surface area contributed by atoms with E-state index in [0.29, 0.717) is 24.9 Å². The number of esters is 1. The van der Waals surface area contributed by atoms with Gasteiger partial charge in [-0.1, -0.05) is 25.0 Å². The van der Waals surface area contributed by atoms with E-state index in [0.717, 1.165) is 31.2 Å². The maximum atomic E-state index is 13.5. The highest BCUT2D eigenvalue weighted by Crippen LogP contribution is 2.31. The van der Waals surface area contributed by atoms with Crippen LogP contribution in [0.25, 0.3) is 0 Å². The molecule has 3 heterocycles. The van der Waals surface area contributed by atoms with Crippen molar-refractivity contribution in [1.82, 2.24) is 25.8 Å². The van der Waals surface area contributed by atoms with E-state index in [-0.39, 0.29) is 49.4 Å². The Labute approximate surface area is 222 Å². The van der Waals surface area contributed by atoms with Crippen molar-refractivity contribution in [3.8, 4) is 0 Å². The fourth-order valence-electron chi connectivity index (χ4n) is 5.38. The van der Waals surface area contributed by atoms with Gasteiger partial charge >= 0.3 is 5.97 Å². The lowest BCUT2D eigenvalue weighted by Gasteiger charge is -2.35. The van der Waals surface area contributed by atoms with Gasteiger partial charge in [-0.05, 0) is 57.4 Å². The van der Waals surface area contributed by atoms with Crippen LogP contribution in [0.3, 0.4) is 0 Å². The van der Waals surface area contributed by atoms with Gasteiger partial charge in [0.25, 0.3) is 5.91 Å². The molecule has 3 N–H and O–H groups in total. The van der Waals surface area contributed by atoms with Crippen LogP contribution in [0.15, 0.2) is 24.3 Å². The summed E-state index contributed by atoms with van der Waals surface area (Å²) in [6.45, 7) is 2.37. The Kier molecular flexibility index (Phi) is 8.98. The number of carbonyl (C=O) groups excluding carboxylic acids is 5. The number of hydrogen-bond acceptors (Lipinski definition) is 7. The Morgan fingerprint density at radius 1 is 1.11 bits per heavy atom. The Morgan fingerprint density at radius 2 is 1.89 bits per heavy atom. The SMILES string of the molecule is CN[C@@H](C)C(=O)N[C@H]1CCCCC2CC[C@@H](C(=O)NCc3cccc(C(=O)N4CCOC(=O)C4)c3)N2C1=O. The topological polar surface area (TPSA) is 137 Å². The van der Waals surface area contributed by atoms with Crippen LogP contribution in [0, 0.1) is 0 Å². The molecular weight excluding hydrogens is 490 g/mol. The van der Waals surface area contributed by atoms with Gasteiger partial charge in [0.2, 0.25) is 17.7 Å². The van der Waals surface area contributed by atoms with Gasteiger partial charge in [-0.2, -0.15) is 0 Å². The first kappa shape index (κ1) is 27.6. The molecule has 38 heavy (non-hydrogen) atoms. The molecule has 3 aliphatic rings. The second-order valence-electron chi connectivity index (χ2n) is 10.2. The molecule has 3 fully saturated rings. The number of likely N-dealkylation sites (N-methyl/N-ethyl adjacent to an activating group) is 1. The average molecular weight is 528 g/mol. The lowest BCUT2D eigenvalue weighted by molar-refractivity contribution is -0.149. The molecule has 1 unspecified atom stereocenters. The minimum atomic E-state index is -0.649. The maximum absolute atomic E-state index is 13.5. The lowest BCUT2D eigenvalue weighted by atomic mass is 9.98. The fourth-order valence-corrected chi connectivity index (χ4v) is 5.38. The second kappa shape index (κ2) is 12.4. The molecule has 0 aromatic heterocycles. The second-order valence-corrected chi connectivity index (χ2v) is 10.2. The molecule has 0 aliphatic carbocycles. The third-order valence-electron chi connectivity index (χ3n) is 7.65. The van der Waals surface area contributed by atoms with Gasteiger partial charge in [0.1, 0.15) is 25.2 Å². The number of cyclic esters (lactones) is 1. The summed E-state index contributed by atoms with van der Waals surface area (Å²) in [5.74, 6) is -1.37. The van der Waals surface area contributed by atoms with Gasteiger partial charge in [-0.3, -0.25) is 24.0 Å². The van der Waals surface area contributed by atoms with Crippen molar-refractivity contribution < 1.29 is 28.7 Å². The van der Waals surface area contributed by atoms with E-state index in [1.165, 1.54) is 4.90 Å². The molecule has 0 saturated carbocycles. The summed E-state index contributed by atoms with van der Waals surface area (Å²) in [5, 5.41) is 8.70. The molecule has 1 aromatic rings. The average Bonchev–Trinajstić information content (AvgIpc) is 3.34. The van der Waals surface area contributed by atoms with E-state index in [1.807, 2.05) is 6.07 Å². The summed E-state index contributed by atoms with van der Waals surface area (Å²) in [6.07, 6.45) is 4.50. The highest BCUT2D eigenvalue weighted by molar-refractivity contribution is 5.96. The standard InChI is InChI=1S/C27H37N5O6/c1-17(28-2)24(34)30-21-9-4-3-8-20-10-11-22(32(20)27(21)37)25(35)29-15-18-6-5-7-19(14-18)26(36)31-12-13-38-23(33)16-31/h5-7,14,17,20-22,28H,3-4,8-13,15-16H2,1-2H3,(H,29,35)(H,30,34)/t17-,20?,21-,22-/m0/s1. The van der Waals surface area contributed by atoms with E-state index in [2.05, 4.69) is 16.0 Å². The smallest absolute Gasteiger partial charge is 0.325 e. The lowest BCUT2D eigenvalue weighted by Crippen LogP contribution is -2.57. The zero-order chi connectivity index (χ0) is 27.2. The van der Waals surface area contributed by atoms with Gasteiger partial charge in [0.05, 0.1) is 12.6 Å². The molecular formula is C27H37N5O6. The number of carbonyl (C=O) groups is 5. The monoisotopic (exact) mass is 527 g/mol. The Hall–Kier alpha value is -3.47. The minimum Gasteiger partial charge on any atom is -0.462 e. The predicted molar refractivity (Wildman–Crippen MR) is 138 cm³/mol. The minimum absolute atomic E-state index is 0.0168. The van der Waals surface area contributed by atoms with Gasteiger partial charge in [0, 0.05) is 18.2 Å². The first-order chi connectivity index (χ1) is 18.3. The number of benzene rings is 1. The van der Waals surface area contributed by atoms with Gasteiger partial charge in [-0.25, -0.2) is 0 Å². The van der Waals surface area contributed by atoms with Crippen molar-refractivity contribution >= 4 is 29.6 Å². The summed E-state index contributed by atoms with van der Waals surface area (Å²) >= 11 is 0. The van der Waals surface area contributed by atoms with Gasteiger partial charge in [0.15, 0.2) is 0 Å². The molecule has 0 bridgehead atoms. The van der Waals surface area contributed by atoms with Crippen LogP contribution in [0.1, 0.15) is 61.4 Å². The number of amides is 4. The van der Waals surface area contributed by atoms with Crippen molar-refractivity contribution in [3.63, 3.8) is 0 Å². The normalized spacial score (nSPS) is 24.5. The maximum Gasteiger partial charge on any atom is 0.325 e. The van der Waals surface area contributed by atoms with Crippen LogP contribution >= 0.6 is 0 Å². The predicted octanol–water partition coefficient (Wildman–Crippen LogP) is 0.328. The highest BCUT2D eigenvalue weighted by Gasteiger charge is 2.43. The zero-order valence-corrected chi connectivity index (χ0v) is 22.0. The summed E-state index contributed by atoms with van der Waals surface area (Å²) in [6, 6.07) is 5.25. The third-order valence-corrected chi connectivity index (χ3v) is 7.65. The third kappa shape index (κ3) is 6.32. The van der Waals surface area contributed by atoms with E-state index in [4.69, 9.17) is 4.74 Å². The zero-order valence-electron chi connectivity index (χ0n) is 22.0. The van der Waals surface area contributed by atoms with Crippen LogP contribution in [0.2, 0.25) is 0 Å². The van der Waals surface area contributed by atoms with E-state index in [1.54, 1.807) is 37.1 Å². The summed E-state index contributed by atoms with van der Waals surface area (Å²) < 4.78 is 4.90. The van der Waals surface area contributed by atoms with Crippen LogP contribution in [0.4, 0.5) is 0 Å². The molecule has 3 aliphatic heterocycles. The van der Waals surface area contributed by atoms with Crippen molar-refractivity contribution in [2.24, 2.45) is 0 Å². The molecule has 1 aromatic carbocycles. The van der Waals surface area contributed by atoms with E-state index in [9.17, 15) is 24.0 Å². The van der Waals surface area contributed by atoms with E-state index >= 15 is 0 Å². The number of fused-ring (bicyclic) bond motifs is 1. The molecule has 11 heteroatoms. The number of nitrogens with zero attached hydrogens (tertiary/aromatic N) is 2. The number of rotatable bonds is 7. The van der Waals surface area contributed by atoms with Crippen molar-refractivity contribution in [2.75, 3.05) is 26.7 Å². The summed E-state index contributed by atoms with van der Waals surface area (Å²) in [4.78, 5) is 66.8. The number of nitrogens with one attached hydrogen (secondary N) is 3. The molecule has 4 atom stereocenters. The molecule has 4 amide bonds. The quantitative estimate of drug-likeness (QED) is 0.435. The van der Waals surface area contributed by atoms with Crippen molar-refractivity contribution in [1.29, 1.82) is 0 Å². The first-order valence-corrected chi connectivity index (χ1v) is 13.4. The molecule has 0 radical (unpaired) electrons. The van der Waals surface area contributed by atoms with E-state index < -0.39 is 24.1 Å². The first-order valence-electron chi connectivity index (χ1n) is 13.4. The van der Waals surface area contributed by atoms with Gasteiger partial charge in [-0.15, -0.1) is 0 Å². The largest absolute Gasteiger partial charge is 0.462 e. The van der Waals surface area contributed by atoms with Crippen LogP contribution in [-0.4, -0.2) is 90.3 Å². The highest BCUT2D eigenvalue weighted by atomic mass is 16.5. The number of ether oxygens (including phenoxy) is 1. The summed E-state index contributed by atoms with van der Waals surface area (Å²) in [7, 11) is 1.69. The molecule has 206 valence electrons. The molecule has 0 spiro atoms. The molecule has 11 nitrogen and oxygen atoms in total. The van der Waals surface area contributed by atoms with Crippen LogP contribution < -0.4 is 16.0 Å². The Balaban J connectivity index is 1.40. The Morgan fingerprint density at radius 3 is 2.66 bits per heavy atom. The number of morpholine rings is 1. The summed E-state index contributed by atoms with van der Waals surface area (Å²) in [5.41, 5.74) is 1.17. The molecule has 4 rings (SSSR count). The van der Waals surface area contributed by atoms with Gasteiger partial charge < -0.3 is 30.5 Å².